The summed E-state index contributed by atoms with van der Waals surface area (Å²) in [6.07, 6.45) is 3.34. The van der Waals surface area contributed by atoms with E-state index in [0.717, 1.165) is 0 Å². The van der Waals surface area contributed by atoms with Crippen LogP contribution in [0.25, 0.3) is 0 Å². The second kappa shape index (κ2) is 4.76. The molecule has 0 fully saturated rings. The zero-order valence-corrected chi connectivity index (χ0v) is 7.37. The molecular formula is C6H10N4OS. The Hall–Kier alpha value is -1.04. The molecule has 0 aliphatic rings. The topological polar surface area (TPSA) is 59.8 Å². The Bertz CT molecular complexity index is 236. The molecule has 1 N–H and O–H groups in total. The van der Waals surface area contributed by atoms with Gasteiger partial charge in [-0.3, -0.25) is 9.48 Å². The SMILES string of the molecule is O=C(CS)NCCn1ccnn1. The van der Waals surface area contributed by atoms with Crippen LogP contribution in [0.1, 0.15) is 0 Å². The second-order valence-electron chi connectivity index (χ2n) is 2.17. The lowest BCUT2D eigenvalue weighted by Gasteiger charge is -2.01. The molecule has 1 heterocycles. The summed E-state index contributed by atoms with van der Waals surface area (Å²) in [6, 6.07) is 0. The van der Waals surface area contributed by atoms with E-state index in [1.807, 2.05) is 0 Å². The smallest absolute Gasteiger partial charge is 0.229 e. The fraction of sp³-hybridized carbons (Fsp3) is 0.500. The molecule has 1 aromatic heterocycles. The van der Waals surface area contributed by atoms with E-state index in [4.69, 9.17) is 0 Å². The lowest BCUT2D eigenvalue weighted by molar-refractivity contribution is -0.118. The number of rotatable bonds is 4. The van der Waals surface area contributed by atoms with Gasteiger partial charge in [0, 0.05) is 12.7 Å². The van der Waals surface area contributed by atoms with Crippen LogP contribution in [0, 0.1) is 0 Å². The molecule has 0 aromatic carbocycles. The molecular weight excluding hydrogens is 176 g/mol. The Labute approximate surface area is 75.6 Å². The van der Waals surface area contributed by atoms with Gasteiger partial charge in [-0.05, 0) is 0 Å². The highest BCUT2D eigenvalue weighted by Crippen LogP contribution is 1.79. The largest absolute Gasteiger partial charge is 0.354 e. The molecule has 66 valence electrons. The minimum atomic E-state index is -0.0709. The van der Waals surface area contributed by atoms with Crippen molar-refractivity contribution in [3.63, 3.8) is 0 Å². The molecule has 0 unspecified atom stereocenters. The van der Waals surface area contributed by atoms with Gasteiger partial charge in [0.15, 0.2) is 0 Å². The molecule has 0 saturated heterocycles. The monoisotopic (exact) mass is 186 g/mol. The molecule has 0 aliphatic carbocycles. The van der Waals surface area contributed by atoms with E-state index in [2.05, 4.69) is 28.3 Å². The molecule has 6 heteroatoms. The predicted octanol–water partition coefficient (Wildman–Crippen LogP) is -0.676. The Kier molecular flexibility index (Phi) is 3.59. The molecule has 1 rings (SSSR count). The lowest BCUT2D eigenvalue weighted by Crippen LogP contribution is -2.28. The third-order valence-electron chi connectivity index (χ3n) is 1.28. The van der Waals surface area contributed by atoms with E-state index < -0.39 is 0 Å². The van der Waals surface area contributed by atoms with E-state index >= 15 is 0 Å². The van der Waals surface area contributed by atoms with Crippen molar-refractivity contribution in [2.75, 3.05) is 12.3 Å². The third-order valence-corrected chi connectivity index (χ3v) is 1.57. The average molecular weight is 186 g/mol. The summed E-state index contributed by atoms with van der Waals surface area (Å²) < 4.78 is 1.65. The minimum Gasteiger partial charge on any atom is -0.354 e. The quantitative estimate of drug-likeness (QED) is 0.613. The molecule has 12 heavy (non-hydrogen) atoms. The van der Waals surface area contributed by atoms with E-state index in [-0.39, 0.29) is 11.7 Å². The van der Waals surface area contributed by atoms with Crippen molar-refractivity contribution in [3.8, 4) is 0 Å². The Morgan fingerprint density at radius 3 is 3.08 bits per heavy atom. The molecule has 0 aliphatic heterocycles. The molecule has 0 bridgehead atoms. The normalized spacial score (nSPS) is 9.75. The van der Waals surface area contributed by atoms with Gasteiger partial charge in [0.25, 0.3) is 0 Å². The maximum absolute atomic E-state index is 10.7. The van der Waals surface area contributed by atoms with Gasteiger partial charge in [0.1, 0.15) is 0 Å². The Balaban J connectivity index is 2.15. The first kappa shape index (κ1) is 9.05. The highest BCUT2D eigenvalue weighted by atomic mass is 32.1. The molecule has 0 radical (unpaired) electrons. The number of hydrogen-bond acceptors (Lipinski definition) is 4. The second-order valence-corrected chi connectivity index (χ2v) is 2.49. The van der Waals surface area contributed by atoms with Gasteiger partial charge in [-0.2, -0.15) is 12.6 Å². The first-order valence-corrected chi connectivity index (χ1v) is 4.18. The third kappa shape index (κ3) is 2.91. The van der Waals surface area contributed by atoms with Crippen molar-refractivity contribution in [3.05, 3.63) is 12.4 Å². The number of amides is 1. The van der Waals surface area contributed by atoms with Crippen molar-refractivity contribution in [2.45, 2.75) is 6.54 Å². The fourth-order valence-corrected chi connectivity index (χ4v) is 0.830. The van der Waals surface area contributed by atoms with Crippen LogP contribution in [0.15, 0.2) is 12.4 Å². The van der Waals surface area contributed by atoms with Gasteiger partial charge in [0.2, 0.25) is 5.91 Å². The number of hydrogen-bond donors (Lipinski definition) is 2. The summed E-state index contributed by atoms with van der Waals surface area (Å²) >= 11 is 3.82. The Morgan fingerprint density at radius 2 is 2.50 bits per heavy atom. The molecule has 0 spiro atoms. The number of aromatic nitrogens is 3. The van der Waals surface area contributed by atoms with Crippen LogP contribution in [-0.4, -0.2) is 33.2 Å². The summed E-state index contributed by atoms with van der Waals surface area (Å²) in [4.78, 5) is 10.7. The van der Waals surface area contributed by atoms with Gasteiger partial charge in [0.05, 0.1) is 18.5 Å². The number of nitrogens with one attached hydrogen (secondary N) is 1. The van der Waals surface area contributed by atoms with Crippen LogP contribution in [0.2, 0.25) is 0 Å². The van der Waals surface area contributed by atoms with E-state index in [1.165, 1.54) is 0 Å². The average Bonchev–Trinajstić information content (AvgIpc) is 2.57. The lowest BCUT2D eigenvalue weighted by atomic mass is 10.6. The van der Waals surface area contributed by atoms with E-state index in [1.54, 1.807) is 17.1 Å². The first-order chi connectivity index (χ1) is 5.83. The van der Waals surface area contributed by atoms with Crippen LogP contribution in [0.4, 0.5) is 0 Å². The van der Waals surface area contributed by atoms with Crippen molar-refractivity contribution < 1.29 is 4.79 Å². The maximum Gasteiger partial charge on any atom is 0.229 e. The van der Waals surface area contributed by atoms with Crippen LogP contribution in [0.5, 0.6) is 0 Å². The van der Waals surface area contributed by atoms with Crippen molar-refractivity contribution >= 4 is 18.5 Å². The van der Waals surface area contributed by atoms with Crippen molar-refractivity contribution in [1.29, 1.82) is 0 Å². The zero-order chi connectivity index (χ0) is 8.81. The summed E-state index contributed by atoms with van der Waals surface area (Å²) in [6.45, 7) is 1.20. The van der Waals surface area contributed by atoms with Crippen LogP contribution < -0.4 is 5.32 Å². The van der Waals surface area contributed by atoms with Gasteiger partial charge in [-0.1, -0.05) is 5.21 Å². The zero-order valence-electron chi connectivity index (χ0n) is 6.47. The summed E-state index contributed by atoms with van der Waals surface area (Å²) in [5.41, 5.74) is 0. The Morgan fingerprint density at radius 1 is 1.67 bits per heavy atom. The number of thiol groups is 1. The molecule has 0 atom stereocenters. The van der Waals surface area contributed by atoms with Crippen LogP contribution in [0.3, 0.4) is 0 Å². The van der Waals surface area contributed by atoms with Gasteiger partial charge < -0.3 is 5.32 Å². The van der Waals surface area contributed by atoms with Crippen molar-refractivity contribution in [1.82, 2.24) is 20.3 Å². The summed E-state index contributed by atoms with van der Waals surface area (Å²) in [7, 11) is 0. The number of carbonyl (C=O) groups excluding carboxylic acids is 1. The first-order valence-electron chi connectivity index (χ1n) is 3.54. The van der Waals surface area contributed by atoms with Gasteiger partial charge >= 0.3 is 0 Å². The number of carbonyl (C=O) groups is 1. The summed E-state index contributed by atoms with van der Waals surface area (Å²) in [5, 5.41) is 10.0. The van der Waals surface area contributed by atoms with E-state index in [9.17, 15) is 4.79 Å². The maximum atomic E-state index is 10.7. The van der Waals surface area contributed by atoms with Crippen LogP contribution in [-0.2, 0) is 11.3 Å². The number of nitrogens with zero attached hydrogens (tertiary/aromatic N) is 3. The fourth-order valence-electron chi connectivity index (χ4n) is 0.718. The minimum absolute atomic E-state index is 0.0709. The molecule has 0 saturated carbocycles. The van der Waals surface area contributed by atoms with Gasteiger partial charge in [-0.15, -0.1) is 5.10 Å². The molecule has 1 amide bonds. The molecule has 5 nitrogen and oxygen atoms in total. The molecule has 1 aromatic rings. The standard InChI is InChI=1S/C6H10N4OS/c11-6(5-12)7-1-3-10-4-2-8-9-10/h2,4,12H,1,3,5H2,(H,7,11). The van der Waals surface area contributed by atoms with E-state index in [0.29, 0.717) is 13.1 Å². The summed E-state index contributed by atoms with van der Waals surface area (Å²) in [5.74, 6) is 0.149. The van der Waals surface area contributed by atoms with Gasteiger partial charge in [-0.25, -0.2) is 0 Å². The van der Waals surface area contributed by atoms with Crippen molar-refractivity contribution in [2.24, 2.45) is 0 Å². The predicted molar refractivity (Wildman–Crippen MR) is 46.9 cm³/mol. The highest BCUT2D eigenvalue weighted by molar-refractivity contribution is 7.81. The van der Waals surface area contributed by atoms with Crippen LogP contribution >= 0.6 is 12.6 Å². The highest BCUT2D eigenvalue weighted by Gasteiger charge is 1.95.